The highest BCUT2D eigenvalue weighted by atomic mass is 32.1. The molecule has 0 radical (unpaired) electrons. The van der Waals surface area contributed by atoms with E-state index in [1.165, 1.54) is 0 Å². The number of aromatic hydroxyl groups is 1. The topological polar surface area (TPSA) is 61.4 Å². The fourth-order valence-electron chi connectivity index (χ4n) is 2.94. The Hall–Kier alpha value is -2.92. The summed E-state index contributed by atoms with van der Waals surface area (Å²) in [5.74, 6) is 0.163. The second kappa shape index (κ2) is 8.18. The van der Waals surface area contributed by atoms with E-state index in [-0.39, 0.29) is 16.8 Å². The average molecular weight is 378 g/mol. The number of rotatable bonds is 4. The van der Waals surface area contributed by atoms with Gasteiger partial charge < -0.3 is 10.4 Å². The van der Waals surface area contributed by atoms with Gasteiger partial charge in [0.15, 0.2) is 5.11 Å². The maximum atomic E-state index is 12.7. The molecule has 0 aromatic heterocycles. The molecular weight excluding hydrogens is 356 g/mol. The Balaban J connectivity index is 1.77. The monoisotopic (exact) mass is 378 g/mol. The van der Waals surface area contributed by atoms with Crippen LogP contribution < -0.4 is 10.6 Å². The van der Waals surface area contributed by atoms with E-state index in [1.54, 1.807) is 12.1 Å². The lowest BCUT2D eigenvalue weighted by molar-refractivity contribution is 0.0979. The molecule has 0 saturated heterocycles. The molecule has 138 valence electrons. The molecular formula is C22H22N2O2S. The third-order valence-corrected chi connectivity index (χ3v) is 4.92. The van der Waals surface area contributed by atoms with Crippen LogP contribution in [0.15, 0.2) is 60.7 Å². The third-order valence-electron chi connectivity index (χ3n) is 4.71. The molecule has 3 aromatic rings. The first kappa shape index (κ1) is 18.9. The van der Waals surface area contributed by atoms with Crippen molar-refractivity contribution in [3.8, 4) is 5.75 Å². The number of amides is 1. The normalized spacial score (nSPS) is 11.8. The second-order valence-corrected chi connectivity index (χ2v) is 6.93. The minimum atomic E-state index is -0.290. The molecule has 3 N–H and O–H groups in total. The summed E-state index contributed by atoms with van der Waals surface area (Å²) in [6.07, 6.45) is 0.993. The summed E-state index contributed by atoms with van der Waals surface area (Å²) in [5, 5.41) is 17.7. The fraction of sp³-hybridized carbons (Fsp3) is 0.182. The number of thiocarbonyl (C=S) groups is 1. The van der Waals surface area contributed by atoms with Gasteiger partial charge in [0.1, 0.15) is 5.75 Å². The first-order valence-corrected chi connectivity index (χ1v) is 9.33. The molecule has 0 bridgehead atoms. The van der Waals surface area contributed by atoms with Gasteiger partial charge in [0.05, 0.1) is 5.69 Å². The van der Waals surface area contributed by atoms with Crippen molar-refractivity contribution in [2.45, 2.75) is 26.2 Å². The molecule has 1 amide bonds. The van der Waals surface area contributed by atoms with Gasteiger partial charge in [-0.25, -0.2) is 0 Å². The minimum absolute atomic E-state index is 0.0869. The second-order valence-electron chi connectivity index (χ2n) is 6.52. The molecule has 0 spiro atoms. The zero-order chi connectivity index (χ0) is 19.4. The van der Waals surface area contributed by atoms with Gasteiger partial charge in [0, 0.05) is 5.56 Å². The van der Waals surface area contributed by atoms with E-state index in [0.717, 1.165) is 22.8 Å². The fourth-order valence-corrected chi connectivity index (χ4v) is 3.15. The molecule has 0 aliphatic rings. The van der Waals surface area contributed by atoms with Gasteiger partial charge in [-0.15, -0.1) is 0 Å². The largest absolute Gasteiger partial charge is 0.506 e. The predicted molar refractivity (Wildman–Crippen MR) is 114 cm³/mol. The van der Waals surface area contributed by atoms with Crippen molar-refractivity contribution in [2.24, 2.45) is 0 Å². The lowest BCUT2D eigenvalue weighted by atomic mass is 9.98. The number of anilines is 1. The van der Waals surface area contributed by atoms with E-state index in [2.05, 4.69) is 24.5 Å². The van der Waals surface area contributed by atoms with Crippen molar-refractivity contribution in [3.05, 3.63) is 71.8 Å². The SMILES string of the molecule is CC[C@@H](C)c1ccc(O)c(NC(=S)NC(=O)c2cccc3ccccc23)c1. The maximum absolute atomic E-state index is 12.7. The molecule has 0 saturated carbocycles. The van der Waals surface area contributed by atoms with Crippen LogP contribution in [0.5, 0.6) is 5.75 Å². The Kier molecular flexibility index (Phi) is 5.72. The lowest BCUT2D eigenvalue weighted by Crippen LogP contribution is -2.34. The third kappa shape index (κ3) is 4.26. The summed E-state index contributed by atoms with van der Waals surface area (Å²) in [5.41, 5.74) is 2.13. The molecule has 0 aliphatic heterocycles. The summed E-state index contributed by atoms with van der Waals surface area (Å²) >= 11 is 5.28. The van der Waals surface area contributed by atoms with Crippen molar-refractivity contribution in [3.63, 3.8) is 0 Å². The Morgan fingerprint density at radius 1 is 1.11 bits per heavy atom. The van der Waals surface area contributed by atoms with Gasteiger partial charge in [-0.3, -0.25) is 10.1 Å². The van der Waals surface area contributed by atoms with Crippen LogP contribution in [0.25, 0.3) is 10.8 Å². The highest BCUT2D eigenvalue weighted by Gasteiger charge is 2.13. The number of nitrogens with one attached hydrogen (secondary N) is 2. The number of hydrogen-bond donors (Lipinski definition) is 3. The van der Waals surface area contributed by atoms with Gasteiger partial charge in [-0.2, -0.15) is 0 Å². The van der Waals surface area contributed by atoms with E-state index in [9.17, 15) is 9.90 Å². The number of phenolic OH excluding ortho intramolecular Hbond substituents is 1. The van der Waals surface area contributed by atoms with Gasteiger partial charge >= 0.3 is 0 Å². The summed E-state index contributed by atoms with van der Waals surface area (Å²) < 4.78 is 0. The van der Waals surface area contributed by atoms with Crippen LogP contribution in [0.2, 0.25) is 0 Å². The van der Waals surface area contributed by atoms with E-state index >= 15 is 0 Å². The van der Waals surface area contributed by atoms with Gasteiger partial charge in [-0.1, -0.05) is 56.3 Å². The number of carbonyl (C=O) groups excluding carboxylic acids is 1. The van der Waals surface area contributed by atoms with Crippen molar-refractivity contribution >= 4 is 39.7 Å². The minimum Gasteiger partial charge on any atom is -0.506 e. The number of fused-ring (bicyclic) bond motifs is 1. The maximum Gasteiger partial charge on any atom is 0.258 e. The first-order valence-electron chi connectivity index (χ1n) is 8.92. The highest BCUT2D eigenvalue weighted by Crippen LogP contribution is 2.29. The van der Waals surface area contributed by atoms with Crippen molar-refractivity contribution in [1.29, 1.82) is 0 Å². The van der Waals surface area contributed by atoms with Crippen molar-refractivity contribution in [2.75, 3.05) is 5.32 Å². The van der Waals surface area contributed by atoms with E-state index in [0.29, 0.717) is 17.2 Å². The number of benzene rings is 3. The zero-order valence-corrected chi connectivity index (χ0v) is 16.1. The summed E-state index contributed by atoms with van der Waals surface area (Å²) in [7, 11) is 0. The summed E-state index contributed by atoms with van der Waals surface area (Å²) in [4.78, 5) is 12.7. The molecule has 5 heteroatoms. The van der Waals surface area contributed by atoms with Crippen LogP contribution in [-0.2, 0) is 0 Å². The Morgan fingerprint density at radius 2 is 1.85 bits per heavy atom. The number of phenols is 1. The summed E-state index contributed by atoms with van der Waals surface area (Å²) in [6, 6.07) is 18.7. The van der Waals surface area contributed by atoms with Crippen LogP contribution in [-0.4, -0.2) is 16.1 Å². The molecule has 0 fully saturated rings. The van der Waals surface area contributed by atoms with Crippen LogP contribution in [0.1, 0.15) is 42.1 Å². The first-order chi connectivity index (χ1) is 13.0. The predicted octanol–water partition coefficient (Wildman–Crippen LogP) is 5.19. The van der Waals surface area contributed by atoms with E-state index in [1.807, 2.05) is 48.5 Å². The van der Waals surface area contributed by atoms with Gasteiger partial charge in [-0.05, 0) is 59.1 Å². The number of carbonyl (C=O) groups is 1. The zero-order valence-electron chi connectivity index (χ0n) is 15.3. The number of hydrogen-bond acceptors (Lipinski definition) is 3. The quantitative estimate of drug-likeness (QED) is 0.432. The average Bonchev–Trinajstić information content (AvgIpc) is 2.68. The molecule has 0 unspecified atom stereocenters. The Labute approximate surface area is 164 Å². The van der Waals surface area contributed by atoms with Crippen LogP contribution in [0, 0.1) is 0 Å². The van der Waals surface area contributed by atoms with Crippen LogP contribution >= 0.6 is 12.2 Å². The molecule has 3 aromatic carbocycles. The Bertz CT molecular complexity index is 995. The molecule has 0 heterocycles. The Morgan fingerprint density at radius 3 is 2.63 bits per heavy atom. The highest BCUT2D eigenvalue weighted by molar-refractivity contribution is 7.80. The molecule has 27 heavy (non-hydrogen) atoms. The molecule has 1 atom stereocenters. The molecule has 4 nitrogen and oxygen atoms in total. The van der Waals surface area contributed by atoms with E-state index in [4.69, 9.17) is 12.2 Å². The van der Waals surface area contributed by atoms with Crippen molar-refractivity contribution < 1.29 is 9.90 Å². The van der Waals surface area contributed by atoms with Gasteiger partial charge in [0.2, 0.25) is 0 Å². The summed E-state index contributed by atoms with van der Waals surface area (Å²) in [6.45, 7) is 4.23. The van der Waals surface area contributed by atoms with Crippen molar-refractivity contribution in [1.82, 2.24) is 5.32 Å². The lowest BCUT2D eigenvalue weighted by Gasteiger charge is -2.15. The standard InChI is InChI=1S/C22H22N2O2S/c1-3-14(2)16-11-12-20(25)19(13-16)23-22(27)24-21(26)18-10-6-8-15-7-4-5-9-17(15)18/h4-14,25H,3H2,1-2H3,(H2,23,24,26,27)/t14-/m1/s1. The van der Waals surface area contributed by atoms with Crippen LogP contribution in [0.4, 0.5) is 5.69 Å². The van der Waals surface area contributed by atoms with Gasteiger partial charge in [0.25, 0.3) is 5.91 Å². The molecule has 0 aliphatic carbocycles. The van der Waals surface area contributed by atoms with E-state index < -0.39 is 0 Å². The smallest absolute Gasteiger partial charge is 0.258 e. The van der Waals surface area contributed by atoms with Crippen LogP contribution in [0.3, 0.4) is 0 Å². The molecule has 3 rings (SSSR count).